The predicted octanol–water partition coefficient (Wildman–Crippen LogP) is 2.90. The van der Waals surface area contributed by atoms with E-state index in [0.29, 0.717) is 36.7 Å². The van der Waals surface area contributed by atoms with E-state index in [1.807, 2.05) is 18.2 Å². The maximum Gasteiger partial charge on any atom is 0.252 e. The third-order valence-corrected chi connectivity index (χ3v) is 7.97. The van der Waals surface area contributed by atoms with Crippen LogP contribution in [-0.4, -0.2) is 38.3 Å². The summed E-state index contributed by atoms with van der Waals surface area (Å²) in [6.45, 7) is 1.46. The minimum Gasteiger partial charge on any atom is -0.356 e. The van der Waals surface area contributed by atoms with Gasteiger partial charge >= 0.3 is 0 Å². The number of nitrogens with zero attached hydrogens (tertiary/aromatic N) is 1. The van der Waals surface area contributed by atoms with E-state index in [2.05, 4.69) is 17.4 Å². The van der Waals surface area contributed by atoms with Crippen LogP contribution in [0.5, 0.6) is 0 Å². The van der Waals surface area contributed by atoms with E-state index < -0.39 is 10.0 Å². The van der Waals surface area contributed by atoms with Crippen molar-refractivity contribution in [2.24, 2.45) is 5.92 Å². The summed E-state index contributed by atoms with van der Waals surface area (Å²) in [5, 5.41) is 4.77. The summed E-state index contributed by atoms with van der Waals surface area (Å²) in [5.74, 6) is -0.0484. The molecule has 0 saturated carbocycles. The highest BCUT2D eigenvalue weighted by molar-refractivity contribution is 7.91. The number of benzene rings is 1. The van der Waals surface area contributed by atoms with Crippen LogP contribution < -0.4 is 5.32 Å². The largest absolute Gasteiger partial charge is 0.356 e. The van der Waals surface area contributed by atoms with Gasteiger partial charge in [0.15, 0.2) is 0 Å². The van der Waals surface area contributed by atoms with Gasteiger partial charge in [-0.15, -0.1) is 11.3 Å². The van der Waals surface area contributed by atoms with Crippen molar-refractivity contribution in [1.29, 1.82) is 0 Å². The van der Waals surface area contributed by atoms with Crippen LogP contribution in [0, 0.1) is 5.92 Å². The van der Waals surface area contributed by atoms with Gasteiger partial charge in [-0.05, 0) is 42.7 Å². The molecule has 1 aliphatic heterocycles. The Morgan fingerprint density at radius 3 is 2.50 bits per heavy atom. The quantitative estimate of drug-likeness (QED) is 0.737. The van der Waals surface area contributed by atoms with Crippen molar-refractivity contribution >= 4 is 27.3 Å². The van der Waals surface area contributed by atoms with Gasteiger partial charge in [0.25, 0.3) is 10.0 Å². The van der Waals surface area contributed by atoms with Crippen LogP contribution in [0.15, 0.2) is 52.1 Å². The maximum atomic E-state index is 12.5. The van der Waals surface area contributed by atoms with Crippen molar-refractivity contribution in [3.8, 4) is 0 Å². The number of rotatable bonds is 7. The van der Waals surface area contributed by atoms with Gasteiger partial charge in [-0.25, -0.2) is 8.42 Å². The number of carbonyl (C=O) groups is 1. The second-order valence-corrected chi connectivity index (χ2v) is 9.60. The minimum absolute atomic E-state index is 0.0474. The summed E-state index contributed by atoms with van der Waals surface area (Å²) in [5.41, 5.74) is 1.27. The summed E-state index contributed by atoms with van der Waals surface area (Å²) < 4.78 is 26.9. The van der Waals surface area contributed by atoms with Crippen molar-refractivity contribution in [3.63, 3.8) is 0 Å². The molecule has 0 spiro atoms. The highest BCUT2D eigenvalue weighted by Gasteiger charge is 2.32. The maximum absolute atomic E-state index is 12.5. The molecule has 1 saturated heterocycles. The zero-order valence-corrected chi connectivity index (χ0v) is 16.3. The Labute approximate surface area is 159 Å². The van der Waals surface area contributed by atoms with Gasteiger partial charge in [0.05, 0.1) is 0 Å². The number of hydrogen-bond acceptors (Lipinski definition) is 4. The molecule has 0 unspecified atom stereocenters. The number of piperidine rings is 1. The zero-order chi connectivity index (χ0) is 18.4. The average Bonchev–Trinajstić information content (AvgIpc) is 3.22. The number of hydrogen-bond donors (Lipinski definition) is 1. The van der Waals surface area contributed by atoms with Gasteiger partial charge in [-0.3, -0.25) is 4.79 Å². The Morgan fingerprint density at radius 1 is 1.12 bits per heavy atom. The second-order valence-electron chi connectivity index (χ2n) is 6.49. The van der Waals surface area contributed by atoms with E-state index in [-0.39, 0.29) is 11.8 Å². The number of aryl methyl sites for hydroxylation is 1. The monoisotopic (exact) mass is 392 g/mol. The first-order chi connectivity index (χ1) is 12.6. The Bertz CT molecular complexity index is 797. The molecular weight excluding hydrogens is 368 g/mol. The first-order valence-corrected chi connectivity index (χ1v) is 11.2. The smallest absolute Gasteiger partial charge is 0.252 e. The Hall–Kier alpha value is -1.70. The first-order valence-electron chi connectivity index (χ1n) is 8.92. The molecule has 1 fully saturated rings. The van der Waals surface area contributed by atoms with Crippen LogP contribution in [-0.2, 0) is 21.2 Å². The second kappa shape index (κ2) is 8.79. The summed E-state index contributed by atoms with van der Waals surface area (Å²) in [4.78, 5) is 12.3. The van der Waals surface area contributed by atoms with Crippen molar-refractivity contribution in [2.75, 3.05) is 19.6 Å². The number of carbonyl (C=O) groups excluding carboxylic acids is 1. The Kier molecular flexibility index (Phi) is 6.45. The number of nitrogens with one attached hydrogen (secondary N) is 1. The van der Waals surface area contributed by atoms with Crippen LogP contribution >= 0.6 is 11.3 Å². The summed E-state index contributed by atoms with van der Waals surface area (Å²) in [6.07, 6.45) is 3.00. The van der Waals surface area contributed by atoms with Gasteiger partial charge in [0.2, 0.25) is 5.91 Å². The molecule has 26 heavy (non-hydrogen) atoms. The SMILES string of the molecule is O=C(NCCCc1ccccc1)C1CCN(S(=O)(=O)c2cccs2)CC1. The number of amides is 1. The lowest BCUT2D eigenvalue weighted by molar-refractivity contribution is -0.126. The highest BCUT2D eigenvalue weighted by atomic mass is 32.2. The van der Waals surface area contributed by atoms with Crippen LogP contribution in [0.4, 0.5) is 0 Å². The predicted molar refractivity (Wildman–Crippen MR) is 104 cm³/mol. The lowest BCUT2D eigenvalue weighted by atomic mass is 9.97. The number of thiophene rings is 1. The molecule has 2 heterocycles. The minimum atomic E-state index is -3.40. The Morgan fingerprint density at radius 2 is 1.85 bits per heavy atom. The third-order valence-electron chi connectivity index (χ3n) is 4.70. The van der Waals surface area contributed by atoms with Gasteiger partial charge in [0.1, 0.15) is 4.21 Å². The average molecular weight is 393 g/mol. The molecule has 1 amide bonds. The molecule has 1 aromatic carbocycles. The van der Waals surface area contributed by atoms with Gasteiger partial charge in [0, 0.05) is 25.6 Å². The molecule has 1 aliphatic rings. The molecule has 1 aromatic heterocycles. The lowest BCUT2D eigenvalue weighted by Gasteiger charge is -2.30. The van der Waals surface area contributed by atoms with Crippen molar-refractivity contribution in [1.82, 2.24) is 9.62 Å². The van der Waals surface area contributed by atoms with Crippen molar-refractivity contribution in [3.05, 3.63) is 53.4 Å². The van der Waals surface area contributed by atoms with Gasteiger partial charge in [-0.2, -0.15) is 4.31 Å². The molecule has 5 nitrogen and oxygen atoms in total. The van der Waals surface area contributed by atoms with Crippen LogP contribution in [0.3, 0.4) is 0 Å². The summed E-state index contributed by atoms with van der Waals surface area (Å²) >= 11 is 1.23. The van der Waals surface area contributed by atoms with Crippen molar-refractivity contribution in [2.45, 2.75) is 29.9 Å². The molecule has 0 atom stereocenters. The molecule has 0 aliphatic carbocycles. The molecule has 3 rings (SSSR count). The molecular formula is C19H24N2O3S2. The molecule has 0 radical (unpaired) electrons. The van der Waals surface area contributed by atoms with Gasteiger partial charge < -0.3 is 5.32 Å². The summed E-state index contributed by atoms with van der Waals surface area (Å²) in [6, 6.07) is 13.6. The van der Waals surface area contributed by atoms with Crippen LogP contribution in [0.1, 0.15) is 24.8 Å². The fourth-order valence-electron chi connectivity index (χ4n) is 3.19. The normalized spacial score (nSPS) is 16.5. The molecule has 140 valence electrons. The fourth-order valence-corrected chi connectivity index (χ4v) is 5.80. The van der Waals surface area contributed by atoms with E-state index in [9.17, 15) is 13.2 Å². The highest BCUT2D eigenvalue weighted by Crippen LogP contribution is 2.26. The molecule has 2 aromatic rings. The molecule has 1 N–H and O–H groups in total. The van der Waals surface area contributed by atoms with Crippen LogP contribution in [0.25, 0.3) is 0 Å². The fraction of sp³-hybridized carbons (Fsp3) is 0.421. The van der Waals surface area contributed by atoms with E-state index in [1.165, 1.54) is 21.2 Å². The van der Waals surface area contributed by atoms with E-state index >= 15 is 0 Å². The number of sulfonamides is 1. The van der Waals surface area contributed by atoms with E-state index in [4.69, 9.17) is 0 Å². The van der Waals surface area contributed by atoms with E-state index in [0.717, 1.165) is 12.8 Å². The zero-order valence-electron chi connectivity index (χ0n) is 14.6. The van der Waals surface area contributed by atoms with Crippen molar-refractivity contribution < 1.29 is 13.2 Å². The first kappa shape index (κ1) is 19.1. The standard InChI is InChI=1S/C19H24N2O3S2/c22-19(20-12-4-8-16-6-2-1-3-7-16)17-10-13-21(14-11-17)26(23,24)18-9-5-15-25-18/h1-3,5-7,9,15,17H,4,8,10-14H2,(H,20,22). The third kappa shape index (κ3) is 4.72. The van der Waals surface area contributed by atoms with Crippen LogP contribution in [0.2, 0.25) is 0 Å². The van der Waals surface area contributed by atoms with Gasteiger partial charge in [-0.1, -0.05) is 36.4 Å². The topological polar surface area (TPSA) is 66.5 Å². The molecule has 7 heteroatoms. The molecule has 0 bridgehead atoms. The Balaban J connectivity index is 1.41. The van der Waals surface area contributed by atoms with E-state index in [1.54, 1.807) is 17.5 Å². The summed E-state index contributed by atoms with van der Waals surface area (Å²) in [7, 11) is -3.40. The lowest BCUT2D eigenvalue weighted by Crippen LogP contribution is -2.43.